The summed E-state index contributed by atoms with van der Waals surface area (Å²) in [5.74, 6) is 0. The van der Waals surface area contributed by atoms with Crippen molar-refractivity contribution in [2.75, 3.05) is 13.2 Å². The predicted octanol–water partition coefficient (Wildman–Crippen LogP) is 0.387. The smallest absolute Gasteiger partial charge is 0.0491 e. The molecule has 1 fully saturated rings. The maximum absolute atomic E-state index is 8.82. The van der Waals surface area contributed by atoms with Crippen LogP contribution in [-0.4, -0.2) is 23.4 Å². The van der Waals surface area contributed by atoms with Crippen LogP contribution in [0.5, 0.6) is 0 Å². The van der Waals surface area contributed by atoms with Crippen molar-refractivity contribution in [2.24, 2.45) is 10.8 Å². The quantitative estimate of drug-likeness (QED) is 0.567. The van der Waals surface area contributed by atoms with Crippen LogP contribution in [0.3, 0.4) is 0 Å². The lowest BCUT2D eigenvalue weighted by Gasteiger charge is -2.12. The van der Waals surface area contributed by atoms with E-state index in [0.29, 0.717) is 0 Å². The third-order valence-electron chi connectivity index (χ3n) is 2.81. The number of aliphatic hydroxyl groups is 2. The molecule has 0 amide bonds. The minimum atomic E-state index is 0.00174. The fourth-order valence-electron chi connectivity index (χ4n) is 1.31. The molecule has 0 aromatic carbocycles. The van der Waals surface area contributed by atoms with Crippen molar-refractivity contribution in [3.63, 3.8) is 0 Å². The fourth-order valence-corrected chi connectivity index (χ4v) is 1.31. The Morgan fingerprint density at radius 2 is 1.44 bits per heavy atom. The predicted molar refractivity (Wildman–Crippen MR) is 35.0 cm³/mol. The van der Waals surface area contributed by atoms with Crippen molar-refractivity contribution in [1.29, 1.82) is 0 Å². The first-order valence-electron chi connectivity index (χ1n) is 3.30. The zero-order valence-corrected chi connectivity index (χ0v) is 6.02. The van der Waals surface area contributed by atoms with Crippen LogP contribution in [0.4, 0.5) is 0 Å². The zero-order valence-electron chi connectivity index (χ0n) is 6.02. The van der Waals surface area contributed by atoms with E-state index in [1.54, 1.807) is 0 Å². The molecule has 2 heteroatoms. The summed E-state index contributed by atoms with van der Waals surface area (Å²) in [6.07, 6.45) is 0.951. The number of rotatable bonds is 2. The lowest BCUT2D eigenvalue weighted by atomic mass is 9.98. The summed E-state index contributed by atoms with van der Waals surface area (Å²) in [6.45, 7) is 4.40. The first kappa shape index (κ1) is 7.03. The highest BCUT2D eigenvalue weighted by molar-refractivity contribution is 5.08. The van der Waals surface area contributed by atoms with Gasteiger partial charge in [-0.2, -0.15) is 0 Å². The maximum atomic E-state index is 8.82. The third-order valence-corrected chi connectivity index (χ3v) is 2.81. The monoisotopic (exact) mass is 130 g/mol. The van der Waals surface area contributed by atoms with Gasteiger partial charge in [-0.1, -0.05) is 13.8 Å². The van der Waals surface area contributed by atoms with Crippen LogP contribution in [0.25, 0.3) is 0 Å². The van der Waals surface area contributed by atoms with Crippen molar-refractivity contribution in [3.8, 4) is 0 Å². The maximum Gasteiger partial charge on any atom is 0.0491 e. The normalized spacial score (nSPS) is 49.3. The molecular formula is C7H14O2. The Morgan fingerprint density at radius 3 is 1.56 bits per heavy atom. The second-order valence-corrected chi connectivity index (χ2v) is 3.61. The molecule has 0 heterocycles. The number of hydrogen-bond acceptors (Lipinski definition) is 2. The van der Waals surface area contributed by atoms with E-state index in [2.05, 4.69) is 0 Å². The molecule has 0 spiro atoms. The number of hydrogen-bond donors (Lipinski definition) is 2. The van der Waals surface area contributed by atoms with Crippen LogP contribution < -0.4 is 0 Å². The first-order valence-corrected chi connectivity index (χ1v) is 3.30. The van der Waals surface area contributed by atoms with Crippen LogP contribution in [0.2, 0.25) is 0 Å². The summed E-state index contributed by atoms with van der Waals surface area (Å²) in [7, 11) is 0. The summed E-state index contributed by atoms with van der Waals surface area (Å²) in [4.78, 5) is 0. The van der Waals surface area contributed by atoms with Crippen molar-refractivity contribution < 1.29 is 10.2 Å². The summed E-state index contributed by atoms with van der Waals surface area (Å²) >= 11 is 0. The SMILES string of the molecule is C[C@]1(CO)C[C@@]1(C)CO. The molecule has 1 aliphatic rings. The highest BCUT2D eigenvalue weighted by Gasteiger charge is 2.59. The van der Waals surface area contributed by atoms with E-state index in [9.17, 15) is 0 Å². The van der Waals surface area contributed by atoms with Crippen LogP contribution in [-0.2, 0) is 0 Å². The Bertz CT molecular complexity index is 110. The van der Waals surface area contributed by atoms with Crippen molar-refractivity contribution in [1.82, 2.24) is 0 Å². The average molecular weight is 130 g/mol. The average Bonchev–Trinajstić information content (AvgIpc) is 2.39. The van der Waals surface area contributed by atoms with E-state index >= 15 is 0 Å². The molecule has 0 saturated heterocycles. The molecule has 9 heavy (non-hydrogen) atoms. The molecule has 2 N–H and O–H groups in total. The van der Waals surface area contributed by atoms with Crippen molar-refractivity contribution in [2.45, 2.75) is 20.3 Å². The van der Waals surface area contributed by atoms with Gasteiger partial charge >= 0.3 is 0 Å². The highest BCUT2D eigenvalue weighted by atomic mass is 16.3. The van der Waals surface area contributed by atoms with E-state index in [4.69, 9.17) is 10.2 Å². The van der Waals surface area contributed by atoms with Gasteiger partial charge < -0.3 is 10.2 Å². The second kappa shape index (κ2) is 1.70. The van der Waals surface area contributed by atoms with E-state index < -0.39 is 0 Å². The van der Waals surface area contributed by atoms with Gasteiger partial charge in [0, 0.05) is 13.2 Å². The molecule has 2 nitrogen and oxygen atoms in total. The summed E-state index contributed by atoms with van der Waals surface area (Å²) in [6, 6.07) is 0. The summed E-state index contributed by atoms with van der Waals surface area (Å²) in [5.41, 5.74) is 0.00347. The molecule has 54 valence electrons. The number of aliphatic hydroxyl groups excluding tert-OH is 2. The molecule has 1 saturated carbocycles. The van der Waals surface area contributed by atoms with Gasteiger partial charge in [0.25, 0.3) is 0 Å². The molecule has 1 rings (SSSR count). The lowest BCUT2D eigenvalue weighted by Crippen LogP contribution is -2.15. The topological polar surface area (TPSA) is 40.5 Å². The van der Waals surface area contributed by atoms with Gasteiger partial charge in [0.2, 0.25) is 0 Å². The largest absolute Gasteiger partial charge is 0.396 e. The molecule has 2 atom stereocenters. The van der Waals surface area contributed by atoms with Gasteiger partial charge in [-0.05, 0) is 17.3 Å². The molecule has 0 bridgehead atoms. The fraction of sp³-hybridized carbons (Fsp3) is 1.00. The van der Waals surface area contributed by atoms with Crippen LogP contribution >= 0.6 is 0 Å². The minimum absolute atomic E-state index is 0.00174. The summed E-state index contributed by atoms with van der Waals surface area (Å²) in [5, 5.41) is 17.6. The highest BCUT2D eigenvalue weighted by Crippen LogP contribution is 2.62. The zero-order chi connectivity index (χ0) is 7.12. The molecule has 0 radical (unpaired) electrons. The van der Waals surface area contributed by atoms with Crippen molar-refractivity contribution in [3.05, 3.63) is 0 Å². The molecular weight excluding hydrogens is 116 g/mol. The third kappa shape index (κ3) is 0.775. The van der Waals surface area contributed by atoms with Gasteiger partial charge in [0.05, 0.1) is 0 Å². The molecule has 0 aliphatic heterocycles. The summed E-state index contributed by atoms with van der Waals surface area (Å²) < 4.78 is 0. The Morgan fingerprint density at radius 1 is 1.11 bits per heavy atom. The van der Waals surface area contributed by atoms with E-state index in [-0.39, 0.29) is 24.0 Å². The van der Waals surface area contributed by atoms with Gasteiger partial charge in [-0.25, -0.2) is 0 Å². The van der Waals surface area contributed by atoms with E-state index in [0.717, 1.165) is 6.42 Å². The van der Waals surface area contributed by atoms with E-state index in [1.165, 1.54) is 0 Å². The first-order chi connectivity index (χ1) is 4.08. The standard InChI is InChI=1S/C7H14O2/c1-6(4-8)3-7(6,2)5-9/h8-9H,3-5H2,1-2H3/t6-,7+. The molecule has 1 aliphatic carbocycles. The van der Waals surface area contributed by atoms with Gasteiger partial charge in [0.15, 0.2) is 0 Å². The molecule has 0 aromatic heterocycles. The van der Waals surface area contributed by atoms with Gasteiger partial charge in [0.1, 0.15) is 0 Å². The minimum Gasteiger partial charge on any atom is -0.396 e. The lowest BCUT2D eigenvalue weighted by molar-refractivity contribution is 0.141. The van der Waals surface area contributed by atoms with Crippen LogP contribution in [0, 0.1) is 10.8 Å². The van der Waals surface area contributed by atoms with Crippen LogP contribution in [0.1, 0.15) is 20.3 Å². The Balaban J connectivity index is 2.54. The Kier molecular flexibility index (Phi) is 1.33. The van der Waals surface area contributed by atoms with Crippen LogP contribution in [0.15, 0.2) is 0 Å². The van der Waals surface area contributed by atoms with E-state index in [1.807, 2.05) is 13.8 Å². The molecule has 0 aromatic rings. The van der Waals surface area contributed by atoms with Crippen molar-refractivity contribution >= 4 is 0 Å². The molecule has 0 unspecified atom stereocenters. The van der Waals surface area contributed by atoms with Gasteiger partial charge in [-0.15, -0.1) is 0 Å². The Labute approximate surface area is 55.5 Å². The van der Waals surface area contributed by atoms with Gasteiger partial charge in [-0.3, -0.25) is 0 Å². The Hall–Kier alpha value is -0.0800. The second-order valence-electron chi connectivity index (χ2n) is 3.61.